The van der Waals surface area contributed by atoms with Gasteiger partial charge in [0.1, 0.15) is 18.5 Å². The molecule has 24 heavy (non-hydrogen) atoms. The number of ether oxygens (including phenoxy) is 2. The van der Waals surface area contributed by atoms with Gasteiger partial charge in [0.05, 0.1) is 13.7 Å². The van der Waals surface area contributed by atoms with Crippen molar-refractivity contribution in [2.75, 3.05) is 40.5 Å². The number of halogens is 1. The molecule has 130 valence electrons. The van der Waals surface area contributed by atoms with Crippen molar-refractivity contribution in [3.8, 4) is 0 Å². The highest BCUT2D eigenvalue weighted by Crippen LogP contribution is 2.16. The fourth-order valence-electron chi connectivity index (χ4n) is 2.61. The number of hydrogen-bond donors (Lipinski definition) is 0. The molecule has 1 aliphatic heterocycles. The van der Waals surface area contributed by atoms with E-state index in [-0.39, 0.29) is 37.7 Å². The van der Waals surface area contributed by atoms with Gasteiger partial charge in [0, 0.05) is 25.8 Å². The minimum atomic E-state index is -0.913. The van der Waals surface area contributed by atoms with E-state index in [0.717, 1.165) is 6.07 Å². The molecule has 0 saturated carbocycles. The molecule has 1 atom stereocenters. The molecule has 0 aromatic heterocycles. The summed E-state index contributed by atoms with van der Waals surface area (Å²) in [6.45, 7) is 0.226. The van der Waals surface area contributed by atoms with Crippen molar-refractivity contribution in [3.05, 3.63) is 35.6 Å². The second kappa shape index (κ2) is 7.87. The van der Waals surface area contributed by atoms with Crippen LogP contribution in [-0.4, -0.2) is 74.1 Å². The molecule has 8 heteroatoms. The highest BCUT2D eigenvalue weighted by molar-refractivity contribution is 5.95. The van der Waals surface area contributed by atoms with Crippen LogP contribution < -0.4 is 0 Å². The first-order valence-corrected chi connectivity index (χ1v) is 7.39. The standard InChI is InChI=1S/C16H19FN2O5/c1-23-10-14(20)19-7-6-18(9-13(19)16(22)24-2)15(21)11-4-3-5-12(17)8-11/h3-5,8,13H,6-7,9-10H2,1-2H3. The maximum absolute atomic E-state index is 13.3. The maximum atomic E-state index is 13.3. The number of piperazine rings is 1. The Morgan fingerprint density at radius 3 is 2.62 bits per heavy atom. The molecular weight excluding hydrogens is 319 g/mol. The minimum Gasteiger partial charge on any atom is -0.467 e. The Kier molecular flexibility index (Phi) is 5.86. The van der Waals surface area contributed by atoms with Gasteiger partial charge >= 0.3 is 5.97 Å². The first kappa shape index (κ1) is 17.9. The van der Waals surface area contributed by atoms with E-state index in [2.05, 4.69) is 0 Å². The van der Waals surface area contributed by atoms with Crippen LogP contribution in [0.1, 0.15) is 10.4 Å². The van der Waals surface area contributed by atoms with E-state index in [9.17, 15) is 18.8 Å². The van der Waals surface area contributed by atoms with Crippen LogP contribution in [0.25, 0.3) is 0 Å². The number of amides is 2. The monoisotopic (exact) mass is 338 g/mol. The third-order valence-corrected chi connectivity index (χ3v) is 3.80. The Balaban J connectivity index is 2.17. The van der Waals surface area contributed by atoms with Gasteiger partial charge in [-0.2, -0.15) is 0 Å². The SMILES string of the molecule is COCC(=O)N1CCN(C(=O)c2cccc(F)c2)CC1C(=O)OC. The lowest BCUT2D eigenvalue weighted by atomic mass is 10.1. The summed E-state index contributed by atoms with van der Waals surface area (Å²) in [4.78, 5) is 39.3. The zero-order valence-electron chi connectivity index (χ0n) is 13.5. The summed E-state index contributed by atoms with van der Waals surface area (Å²) < 4.78 is 22.8. The molecule has 0 N–H and O–H groups in total. The van der Waals surface area contributed by atoms with Crippen LogP contribution in [0.2, 0.25) is 0 Å². The molecule has 0 radical (unpaired) electrons. The van der Waals surface area contributed by atoms with Gasteiger partial charge in [-0.25, -0.2) is 9.18 Å². The smallest absolute Gasteiger partial charge is 0.330 e. The van der Waals surface area contributed by atoms with E-state index in [1.807, 2.05) is 0 Å². The number of esters is 1. The first-order valence-electron chi connectivity index (χ1n) is 7.39. The molecule has 1 aromatic carbocycles. The van der Waals surface area contributed by atoms with Gasteiger partial charge in [-0.05, 0) is 18.2 Å². The predicted octanol–water partition coefficient (Wildman–Crippen LogP) is 0.298. The third kappa shape index (κ3) is 3.88. The number of hydrogen-bond acceptors (Lipinski definition) is 5. The normalized spacial score (nSPS) is 17.5. The van der Waals surface area contributed by atoms with Crippen LogP contribution in [-0.2, 0) is 19.1 Å². The summed E-state index contributed by atoms with van der Waals surface area (Å²) in [5.74, 6) is -1.89. The van der Waals surface area contributed by atoms with Crippen molar-refractivity contribution < 1.29 is 28.2 Å². The fourth-order valence-corrected chi connectivity index (χ4v) is 2.61. The number of nitrogens with zero attached hydrogens (tertiary/aromatic N) is 2. The van der Waals surface area contributed by atoms with Gasteiger partial charge < -0.3 is 19.3 Å². The van der Waals surface area contributed by atoms with Crippen LogP contribution in [0.3, 0.4) is 0 Å². The number of benzene rings is 1. The quantitative estimate of drug-likeness (QED) is 0.738. The van der Waals surface area contributed by atoms with Gasteiger partial charge in [0.25, 0.3) is 5.91 Å². The highest BCUT2D eigenvalue weighted by atomic mass is 19.1. The van der Waals surface area contributed by atoms with Crippen LogP contribution in [0.5, 0.6) is 0 Å². The predicted molar refractivity (Wildman–Crippen MR) is 81.7 cm³/mol. The Bertz CT molecular complexity index is 637. The molecular formula is C16H19FN2O5. The van der Waals surface area contributed by atoms with E-state index in [4.69, 9.17) is 9.47 Å². The second-order valence-electron chi connectivity index (χ2n) is 5.32. The van der Waals surface area contributed by atoms with Crippen molar-refractivity contribution in [1.29, 1.82) is 0 Å². The average molecular weight is 338 g/mol. The molecule has 7 nitrogen and oxygen atoms in total. The summed E-state index contributed by atoms with van der Waals surface area (Å²) in [7, 11) is 2.60. The van der Waals surface area contributed by atoms with Crippen molar-refractivity contribution in [1.82, 2.24) is 9.80 Å². The fraction of sp³-hybridized carbons (Fsp3) is 0.438. The molecule has 2 rings (SSSR count). The van der Waals surface area contributed by atoms with E-state index in [1.165, 1.54) is 42.2 Å². The summed E-state index contributed by atoms with van der Waals surface area (Å²) in [6, 6.07) is 4.41. The molecule has 1 fully saturated rings. The molecule has 1 saturated heterocycles. The van der Waals surface area contributed by atoms with E-state index in [1.54, 1.807) is 0 Å². The van der Waals surface area contributed by atoms with Crippen LogP contribution >= 0.6 is 0 Å². The lowest BCUT2D eigenvalue weighted by Crippen LogP contribution is -2.60. The molecule has 0 spiro atoms. The first-order chi connectivity index (χ1) is 11.5. The van der Waals surface area contributed by atoms with Gasteiger partial charge in [-0.3, -0.25) is 9.59 Å². The van der Waals surface area contributed by atoms with Crippen molar-refractivity contribution in [3.63, 3.8) is 0 Å². The Morgan fingerprint density at radius 2 is 2.00 bits per heavy atom. The van der Waals surface area contributed by atoms with Gasteiger partial charge in [-0.15, -0.1) is 0 Å². The lowest BCUT2D eigenvalue weighted by Gasteiger charge is -2.39. The Hall–Kier alpha value is -2.48. The van der Waals surface area contributed by atoms with Crippen LogP contribution in [0.4, 0.5) is 4.39 Å². The summed E-state index contributed by atoms with van der Waals surface area (Å²) in [5, 5.41) is 0. The zero-order chi connectivity index (χ0) is 17.7. The molecule has 0 bridgehead atoms. The number of carbonyl (C=O) groups is 3. The average Bonchev–Trinajstić information content (AvgIpc) is 2.60. The number of rotatable bonds is 4. The van der Waals surface area contributed by atoms with Crippen molar-refractivity contribution in [2.24, 2.45) is 0 Å². The van der Waals surface area contributed by atoms with E-state index < -0.39 is 23.7 Å². The second-order valence-corrected chi connectivity index (χ2v) is 5.32. The van der Waals surface area contributed by atoms with Gasteiger partial charge in [-0.1, -0.05) is 6.07 Å². The molecule has 0 aliphatic carbocycles. The lowest BCUT2D eigenvalue weighted by molar-refractivity contribution is -0.157. The number of carbonyl (C=O) groups excluding carboxylic acids is 3. The van der Waals surface area contributed by atoms with Crippen LogP contribution in [0.15, 0.2) is 24.3 Å². The Labute approximate surface area is 138 Å². The molecule has 2 amide bonds. The molecule has 1 aliphatic rings. The third-order valence-electron chi connectivity index (χ3n) is 3.80. The molecule has 1 heterocycles. The molecule has 1 unspecified atom stereocenters. The summed E-state index contributed by atoms with van der Waals surface area (Å²) >= 11 is 0. The zero-order valence-corrected chi connectivity index (χ0v) is 13.5. The number of methoxy groups -OCH3 is 2. The largest absolute Gasteiger partial charge is 0.467 e. The van der Waals surface area contributed by atoms with E-state index >= 15 is 0 Å². The van der Waals surface area contributed by atoms with Crippen LogP contribution in [0, 0.1) is 5.82 Å². The topological polar surface area (TPSA) is 76.2 Å². The van der Waals surface area contributed by atoms with Crippen molar-refractivity contribution in [2.45, 2.75) is 6.04 Å². The van der Waals surface area contributed by atoms with Crippen molar-refractivity contribution >= 4 is 17.8 Å². The molecule has 1 aromatic rings. The maximum Gasteiger partial charge on any atom is 0.330 e. The summed E-state index contributed by atoms with van der Waals surface area (Å²) in [6.07, 6.45) is 0. The minimum absolute atomic E-state index is 0.0164. The van der Waals surface area contributed by atoms with Gasteiger partial charge in [0.15, 0.2) is 0 Å². The highest BCUT2D eigenvalue weighted by Gasteiger charge is 2.37. The summed E-state index contributed by atoms with van der Waals surface area (Å²) in [5.41, 5.74) is 0.190. The van der Waals surface area contributed by atoms with Gasteiger partial charge in [0.2, 0.25) is 5.91 Å². The van der Waals surface area contributed by atoms with E-state index in [0.29, 0.717) is 0 Å². The Morgan fingerprint density at radius 1 is 1.25 bits per heavy atom.